The Morgan fingerprint density at radius 3 is 1.73 bits per heavy atom. The molecule has 0 radical (unpaired) electrons. The number of rotatable bonds is 24. The molecule has 0 bridgehead atoms. The summed E-state index contributed by atoms with van der Waals surface area (Å²) < 4.78 is 75.6. The molecule has 0 aromatic heterocycles. The van der Waals surface area contributed by atoms with E-state index in [1.807, 2.05) is 0 Å². The van der Waals surface area contributed by atoms with Crippen molar-refractivity contribution in [1.29, 1.82) is 0 Å². The molecule has 1 unspecified atom stereocenters. The van der Waals surface area contributed by atoms with Crippen LogP contribution in [0.15, 0.2) is 60.7 Å². The minimum absolute atomic E-state index is 0. The van der Waals surface area contributed by atoms with Crippen LogP contribution in [0.3, 0.4) is 0 Å². The molecule has 5 amide bonds. The van der Waals surface area contributed by atoms with Gasteiger partial charge in [0.15, 0.2) is 0 Å². The van der Waals surface area contributed by atoms with E-state index < -0.39 is 124 Å². The molecule has 22 nitrogen and oxygen atoms in total. The van der Waals surface area contributed by atoms with Gasteiger partial charge in [0.05, 0.1) is 29.8 Å². The predicted octanol–water partition coefficient (Wildman–Crippen LogP) is -6.74. The first-order chi connectivity index (χ1) is 29.0. The van der Waals surface area contributed by atoms with Crippen LogP contribution in [-0.4, -0.2) is 138 Å². The molecule has 0 saturated carbocycles. The number of carboxylic acids is 2. The number of ether oxygens (including phenoxy) is 1. The van der Waals surface area contributed by atoms with Crippen LogP contribution in [0.1, 0.15) is 50.7 Å². The topological polar surface area (TPSA) is 344 Å². The number of hydrogen-bond donors (Lipinski definition) is 6. The SMILES string of the molecule is CC(C)C[C@H](NC(=O)OCC(COS(=O)(=O)[O-])CS(=O)(=O)[O-])C(=O)N1CCC[C@@H]1C(=O)N[C@@H](Cc1ccccc1)C(=O)N[C@@H](Cc1ccccc1)C(=O)N[C@@H](CC(=O)O)C(=O)O.[Na+].[Na+]. The van der Waals surface area contributed by atoms with Crippen molar-refractivity contribution in [3.63, 3.8) is 0 Å². The maximum atomic E-state index is 14.1. The van der Waals surface area contributed by atoms with Gasteiger partial charge in [-0.05, 0) is 36.3 Å². The fourth-order valence-corrected chi connectivity index (χ4v) is 7.62. The van der Waals surface area contributed by atoms with Gasteiger partial charge in [0.1, 0.15) is 30.2 Å². The van der Waals surface area contributed by atoms with Crippen LogP contribution in [0, 0.1) is 11.8 Å². The Kier molecular flexibility index (Phi) is 25.3. The maximum absolute atomic E-state index is 14.1. The predicted molar refractivity (Wildman–Crippen MR) is 212 cm³/mol. The average Bonchev–Trinajstić information content (AvgIpc) is 3.68. The average molecular weight is 958 g/mol. The number of nitrogens with zero attached hydrogens (tertiary/aromatic N) is 1. The Hall–Kier alpha value is -3.69. The third kappa shape index (κ3) is 21.5. The van der Waals surface area contributed by atoms with E-state index in [-0.39, 0.29) is 97.3 Å². The van der Waals surface area contributed by atoms with Crippen molar-refractivity contribution in [3.8, 4) is 0 Å². The largest absolute Gasteiger partial charge is 1.00 e. The van der Waals surface area contributed by atoms with Gasteiger partial charge in [0.2, 0.25) is 34.0 Å². The second kappa shape index (κ2) is 27.7. The second-order valence-electron chi connectivity index (χ2n) is 14.9. The molecule has 0 aliphatic carbocycles. The van der Waals surface area contributed by atoms with E-state index in [0.717, 1.165) is 0 Å². The van der Waals surface area contributed by atoms with Gasteiger partial charge < -0.3 is 50.2 Å². The van der Waals surface area contributed by atoms with Crippen molar-refractivity contribution in [1.82, 2.24) is 26.2 Å². The first-order valence-corrected chi connectivity index (χ1v) is 22.1. The molecule has 1 saturated heterocycles. The molecular formula is C38H49N5Na2O17S2. The summed E-state index contributed by atoms with van der Waals surface area (Å²) in [5.41, 5.74) is 1.13. The number of hydrogen-bond acceptors (Lipinski definition) is 15. The number of carbonyl (C=O) groups excluding carboxylic acids is 5. The van der Waals surface area contributed by atoms with Gasteiger partial charge in [-0.25, -0.2) is 26.4 Å². The van der Waals surface area contributed by atoms with Gasteiger partial charge in [0.25, 0.3) is 0 Å². The van der Waals surface area contributed by atoms with Crippen LogP contribution in [-0.2, 0) is 71.0 Å². The molecule has 64 heavy (non-hydrogen) atoms. The van der Waals surface area contributed by atoms with Crippen LogP contribution in [0.4, 0.5) is 4.79 Å². The van der Waals surface area contributed by atoms with Gasteiger partial charge in [0, 0.05) is 31.1 Å². The molecule has 2 aromatic carbocycles. The molecule has 3 rings (SSSR count). The monoisotopic (exact) mass is 957 g/mol. The molecule has 1 aliphatic rings. The van der Waals surface area contributed by atoms with Crippen LogP contribution in [0.5, 0.6) is 0 Å². The van der Waals surface area contributed by atoms with Crippen LogP contribution >= 0.6 is 0 Å². The Bertz CT molecular complexity index is 2120. The molecule has 1 aliphatic heterocycles. The van der Waals surface area contributed by atoms with Crippen molar-refractivity contribution < 1.29 is 138 Å². The maximum Gasteiger partial charge on any atom is 1.00 e. The summed E-state index contributed by atoms with van der Waals surface area (Å²) in [4.78, 5) is 92.8. The Morgan fingerprint density at radius 2 is 1.27 bits per heavy atom. The number of carboxylic acid groups (broad SMARTS) is 2. The van der Waals surface area contributed by atoms with Gasteiger partial charge in [-0.2, -0.15) is 0 Å². The van der Waals surface area contributed by atoms with Crippen molar-refractivity contribution in [3.05, 3.63) is 71.8 Å². The second-order valence-corrected chi connectivity index (χ2v) is 17.4. The number of carbonyl (C=O) groups is 7. The minimum Gasteiger partial charge on any atom is -0.748 e. The molecule has 26 heteroatoms. The Morgan fingerprint density at radius 1 is 0.750 bits per heavy atom. The molecular weight excluding hydrogens is 909 g/mol. The zero-order chi connectivity index (χ0) is 46.2. The van der Waals surface area contributed by atoms with Gasteiger partial charge >= 0.3 is 77.1 Å². The summed E-state index contributed by atoms with van der Waals surface area (Å²) in [5.74, 6) is -9.56. The fraction of sp³-hybridized carbons (Fsp3) is 0.500. The van der Waals surface area contributed by atoms with Crippen molar-refractivity contribution in [2.45, 2.75) is 82.6 Å². The molecule has 6 N–H and O–H groups in total. The van der Waals surface area contributed by atoms with Crippen LogP contribution < -0.4 is 80.4 Å². The van der Waals surface area contributed by atoms with E-state index in [9.17, 15) is 69.7 Å². The van der Waals surface area contributed by atoms with E-state index in [1.54, 1.807) is 74.5 Å². The summed E-state index contributed by atoms with van der Waals surface area (Å²) in [5, 5.41) is 28.5. The van der Waals surface area contributed by atoms with Crippen molar-refractivity contribution in [2.75, 3.05) is 25.5 Å². The molecule has 1 heterocycles. The zero-order valence-corrected chi connectivity index (χ0v) is 41.3. The van der Waals surface area contributed by atoms with E-state index >= 15 is 0 Å². The summed E-state index contributed by atoms with van der Waals surface area (Å²) in [6.07, 6.45) is -2.04. The third-order valence-corrected chi connectivity index (χ3v) is 10.6. The van der Waals surface area contributed by atoms with Crippen LogP contribution in [0.25, 0.3) is 0 Å². The van der Waals surface area contributed by atoms with Gasteiger partial charge in [-0.15, -0.1) is 0 Å². The summed E-state index contributed by atoms with van der Waals surface area (Å²) in [7, 11) is -10.3. The first kappa shape index (κ1) is 58.3. The number of nitrogens with one attached hydrogen (secondary N) is 4. The minimum atomic E-state index is -5.30. The van der Waals surface area contributed by atoms with E-state index in [4.69, 9.17) is 4.74 Å². The Labute approximate surface area is 414 Å². The molecule has 0 spiro atoms. The quantitative estimate of drug-likeness (QED) is 0.0324. The van der Waals surface area contributed by atoms with Gasteiger partial charge in [-0.3, -0.25) is 28.2 Å². The normalized spacial score (nSPS) is 16.0. The molecule has 6 atom stereocenters. The zero-order valence-electron chi connectivity index (χ0n) is 35.7. The van der Waals surface area contributed by atoms with Crippen LogP contribution in [0.2, 0.25) is 0 Å². The van der Waals surface area contributed by atoms with Crippen molar-refractivity contribution in [2.24, 2.45) is 11.8 Å². The van der Waals surface area contributed by atoms with Gasteiger partial charge in [-0.1, -0.05) is 74.5 Å². The smallest absolute Gasteiger partial charge is 0.748 e. The summed E-state index contributed by atoms with van der Waals surface area (Å²) >= 11 is 0. The fourth-order valence-electron chi connectivity index (χ4n) is 6.49. The number of amides is 5. The molecule has 2 aromatic rings. The van der Waals surface area contributed by atoms with Crippen molar-refractivity contribution >= 4 is 62.2 Å². The first-order valence-electron chi connectivity index (χ1n) is 19.2. The third-order valence-electron chi connectivity index (χ3n) is 9.30. The molecule has 1 fully saturated rings. The standard InChI is InChI=1S/C38H51N5O17S2.2Na/c1-23(2)16-29(42-38(52)59-20-26(22-61(53,54)55)21-60-62(56,57)58)36(49)43-15-9-14-31(43)35(48)40-28(18-25-12-7-4-8-13-25)33(46)39-27(17-24-10-5-3-6-11-24)34(47)41-30(37(50)51)19-32(44)45;;/h3-8,10-13,23,26-31H,9,14-22H2,1-2H3,(H,39,46)(H,40,48)(H,41,47)(H,42,52)(H,44,45)(H,50,51)(H,53,54,55)(H,56,57,58);;/q;2*+1/p-2/t26?,27-,28-,29-,30-,31+;;/m0../s1. The summed E-state index contributed by atoms with van der Waals surface area (Å²) in [6.45, 7) is 1.50. The molecule has 342 valence electrons. The van der Waals surface area contributed by atoms with E-state index in [0.29, 0.717) is 17.5 Å². The number of benzene rings is 2. The summed E-state index contributed by atoms with van der Waals surface area (Å²) in [6, 6.07) is 9.62. The number of aliphatic carboxylic acids is 2. The number of likely N-dealkylation sites (tertiary alicyclic amines) is 1. The Balaban J connectivity index is 0.0000102. The van der Waals surface area contributed by atoms with E-state index in [1.165, 1.54) is 4.90 Å². The van der Waals surface area contributed by atoms with E-state index in [2.05, 4.69) is 25.5 Å². The number of alkyl carbamates (subject to hydrolysis) is 1.